The summed E-state index contributed by atoms with van der Waals surface area (Å²) < 4.78 is 5.73. The maximum absolute atomic E-state index is 5.76. The first-order valence-corrected chi connectivity index (χ1v) is 6.92. The molecule has 19 heavy (non-hydrogen) atoms. The van der Waals surface area contributed by atoms with E-state index in [-0.39, 0.29) is 0 Å². The van der Waals surface area contributed by atoms with Crippen LogP contribution in [-0.2, 0) is 0 Å². The Morgan fingerprint density at radius 3 is 2.16 bits per heavy atom. The molecule has 3 aromatic rings. The summed E-state index contributed by atoms with van der Waals surface area (Å²) in [6, 6.07) is 11.9. The molecule has 1 aromatic heterocycles. The Labute approximate surface area is 115 Å². The second-order valence-corrected chi connectivity index (χ2v) is 3.86. The summed E-state index contributed by atoms with van der Waals surface area (Å²) in [4.78, 5) is 0. The van der Waals surface area contributed by atoms with Crippen LogP contribution in [0.3, 0.4) is 0 Å². The molecule has 2 N–H and O–H groups in total. The molecule has 0 saturated heterocycles. The largest absolute Gasteiger partial charge is 0.456 e. The van der Waals surface area contributed by atoms with Crippen LogP contribution in [0.15, 0.2) is 40.8 Å². The predicted molar refractivity (Wildman–Crippen MR) is 85.6 cm³/mol. The lowest BCUT2D eigenvalue weighted by Gasteiger charge is -1.92. The molecule has 2 nitrogen and oxygen atoms in total. The predicted octanol–water partition coefficient (Wildman–Crippen LogP) is 5.53. The van der Waals surface area contributed by atoms with Crippen molar-refractivity contribution < 1.29 is 4.42 Å². The SMILES string of the molecule is CC.CC.Cc1ccc2c(c1)oc1ccc(N)cc12. The summed E-state index contributed by atoms with van der Waals surface area (Å²) in [6.45, 7) is 10.1. The molecule has 0 aliphatic rings. The Morgan fingerprint density at radius 2 is 1.47 bits per heavy atom. The van der Waals surface area contributed by atoms with E-state index < -0.39 is 0 Å². The van der Waals surface area contributed by atoms with Crippen molar-refractivity contribution in [1.29, 1.82) is 0 Å². The van der Waals surface area contributed by atoms with Crippen molar-refractivity contribution in [2.75, 3.05) is 5.73 Å². The molecule has 0 spiro atoms. The molecule has 0 bridgehead atoms. The number of aryl methyl sites for hydroxylation is 1. The second-order valence-electron chi connectivity index (χ2n) is 3.86. The first kappa shape index (κ1) is 15.1. The van der Waals surface area contributed by atoms with Gasteiger partial charge >= 0.3 is 0 Å². The standard InChI is InChI=1S/C13H11NO.2C2H6/c1-8-2-4-10-11-7-9(14)3-5-12(11)15-13(10)6-8;2*1-2/h2-7H,14H2,1H3;2*1-2H3. The number of rotatable bonds is 0. The highest BCUT2D eigenvalue weighted by Crippen LogP contribution is 2.30. The summed E-state index contributed by atoms with van der Waals surface area (Å²) >= 11 is 0. The average molecular weight is 257 g/mol. The highest BCUT2D eigenvalue weighted by Gasteiger charge is 2.06. The molecule has 2 heteroatoms. The Hall–Kier alpha value is -1.96. The molecule has 0 unspecified atom stereocenters. The van der Waals surface area contributed by atoms with Gasteiger partial charge in [-0.1, -0.05) is 39.8 Å². The van der Waals surface area contributed by atoms with Crippen molar-refractivity contribution in [3.05, 3.63) is 42.0 Å². The van der Waals surface area contributed by atoms with Crippen molar-refractivity contribution in [2.24, 2.45) is 0 Å². The van der Waals surface area contributed by atoms with E-state index in [1.165, 1.54) is 5.56 Å². The minimum atomic E-state index is 0.769. The van der Waals surface area contributed by atoms with E-state index in [2.05, 4.69) is 19.1 Å². The number of nitrogen functional groups attached to an aromatic ring is 1. The van der Waals surface area contributed by atoms with E-state index in [1.54, 1.807) is 0 Å². The molecule has 3 rings (SSSR count). The van der Waals surface area contributed by atoms with Crippen molar-refractivity contribution in [1.82, 2.24) is 0 Å². The van der Waals surface area contributed by atoms with Gasteiger partial charge in [-0.3, -0.25) is 0 Å². The normalized spacial score (nSPS) is 9.53. The Balaban J connectivity index is 0.000000415. The molecule has 0 radical (unpaired) electrons. The van der Waals surface area contributed by atoms with Gasteiger partial charge in [0.05, 0.1) is 0 Å². The van der Waals surface area contributed by atoms with E-state index in [0.717, 1.165) is 27.6 Å². The monoisotopic (exact) mass is 257 g/mol. The summed E-state index contributed by atoms with van der Waals surface area (Å²) in [7, 11) is 0. The lowest BCUT2D eigenvalue weighted by atomic mass is 10.1. The van der Waals surface area contributed by atoms with Crippen molar-refractivity contribution in [3.63, 3.8) is 0 Å². The average Bonchev–Trinajstić information content (AvgIpc) is 2.80. The van der Waals surface area contributed by atoms with Gasteiger partial charge < -0.3 is 10.2 Å². The zero-order valence-corrected chi connectivity index (χ0v) is 12.4. The number of hydrogen-bond acceptors (Lipinski definition) is 2. The number of anilines is 1. The Kier molecular flexibility index (Phi) is 5.43. The number of furan rings is 1. The van der Waals surface area contributed by atoms with Crippen LogP contribution >= 0.6 is 0 Å². The van der Waals surface area contributed by atoms with Crippen molar-refractivity contribution in [3.8, 4) is 0 Å². The van der Waals surface area contributed by atoms with Gasteiger partial charge in [-0.25, -0.2) is 0 Å². The third-order valence-electron chi connectivity index (χ3n) is 2.65. The van der Waals surface area contributed by atoms with Gasteiger partial charge in [0.15, 0.2) is 0 Å². The van der Waals surface area contributed by atoms with Gasteiger partial charge in [-0.05, 0) is 36.8 Å². The second kappa shape index (κ2) is 6.83. The minimum absolute atomic E-state index is 0.769. The molecule has 1 heterocycles. The number of nitrogens with two attached hydrogens (primary N) is 1. The zero-order chi connectivity index (χ0) is 14.4. The van der Waals surface area contributed by atoms with Crippen LogP contribution < -0.4 is 5.73 Å². The van der Waals surface area contributed by atoms with E-state index in [9.17, 15) is 0 Å². The summed E-state index contributed by atoms with van der Waals surface area (Å²) in [5, 5.41) is 2.22. The highest BCUT2D eigenvalue weighted by atomic mass is 16.3. The number of hydrogen-bond donors (Lipinski definition) is 1. The maximum Gasteiger partial charge on any atom is 0.135 e. The van der Waals surface area contributed by atoms with Crippen molar-refractivity contribution in [2.45, 2.75) is 34.6 Å². The van der Waals surface area contributed by atoms with Gasteiger partial charge in [0.1, 0.15) is 11.2 Å². The van der Waals surface area contributed by atoms with Crippen LogP contribution in [0.4, 0.5) is 5.69 Å². The van der Waals surface area contributed by atoms with E-state index in [0.29, 0.717) is 0 Å². The highest BCUT2D eigenvalue weighted by molar-refractivity contribution is 6.05. The number of benzene rings is 2. The topological polar surface area (TPSA) is 39.2 Å². The molecule has 0 fully saturated rings. The Morgan fingerprint density at radius 1 is 0.789 bits per heavy atom. The first-order chi connectivity index (χ1) is 9.24. The van der Waals surface area contributed by atoms with Gasteiger partial charge in [0, 0.05) is 16.5 Å². The van der Waals surface area contributed by atoms with Gasteiger partial charge in [0.25, 0.3) is 0 Å². The summed E-state index contributed by atoms with van der Waals surface area (Å²) in [5.41, 5.74) is 9.55. The first-order valence-electron chi connectivity index (χ1n) is 6.92. The lowest BCUT2D eigenvalue weighted by molar-refractivity contribution is 0.668. The third-order valence-corrected chi connectivity index (χ3v) is 2.65. The van der Waals surface area contributed by atoms with Crippen LogP contribution in [0.2, 0.25) is 0 Å². The van der Waals surface area contributed by atoms with Crippen LogP contribution in [0.5, 0.6) is 0 Å². The van der Waals surface area contributed by atoms with Crippen LogP contribution in [-0.4, -0.2) is 0 Å². The minimum Gasteiger partial charge on any atom is -0.456 e. The van der Waals surface area contributed by atoms with E-state index in [1.807, 2.05) is 52.0 Å². The van der Waals surface area contributed by atoms with Gasteiger partial charge in [-0.2, -0.15) is 0 Å². The third kappa shape index (κ3) is 3.08. The quantitative estimate of drug-likeness (QED) is 0.538. The molecule has 0 amide bonds. The van der Waals surface area contributed by atoms with Crippen LogP contribution in [0.25, 0.3) is 21.9 Å². The van der Waals surface area contributed by atoms with Crippen LogP contribution in [0, 0.1) is 6.92 Å². The zero-order valence-electron chi connectivity index (χ0n) is 12.4. The number of fused-ring (bicyclic) bond motifs is 3. The van der Waals surface area contributed by atoms with E-state index >= 15 is 0 Å². The fourth-order valence-corrected chi connectivity index (χ4v) is 1.90. The molecule has 0 atom stereocenters. The lowest BCUT2D eigenvalue weighted by Crippen LogP contribution is -1.81. The fraction of sp³-hybridized carbons (Fsp3) is 0.294. The molecule has 0 aliphatic heterocycles. The molecule has 0 saturated carbocycles. The molecule has 102 valence electrons. The summed E-state index contributed by atoms with van der Waals surface area (Å²) in [5.74, 6) is 0. The smallest absolute Gasteiger partial charge is 0.135 e. The Bertz CT molecular complexity index is 653. The summed E-state index contributed by atoms with van der Waals surface area (Å²) in [6.07, 6.45) is 0. The van der Waals surface area contributed by atoms with Gasteiger partial charge in [-0.15, -0.1) is 0 Å². The molecular formula is C17H23NO. The maximum atomic E-state index is 5.76. The van der Waals surface area contributed by atoms with Gasteiger partial charge in [0.2, 0.25) is 0 Å². The van der Waals surface area contributed by atoms with Crippen LogP contribution in [0.1, 0.15) is 33.3 Å². The molecule has 0 aliphatic carbocycles. The van der Waals surface area contributed by atoms with E-state index in [4.69, 9.17) is 10.2 Å². The van der Waals surface area contributed by atoms with Crippen molar-refractivity contribution >= 4 is 27.6 Å². The molecular weight excluding hydrogens is 234 g/mol. The molecule has 2 aromatic carbocycles. The fourth-order valence-electron chi connectivity index (χ4n) is 1.90.